The summed E-state index contributed by atoms with van der Waals surface area (Å²) in [6.07, 6.45) is 3.62. The Morgan fingerprint density at radius 1 is 1.17 bits per heavy atom. The molecule has 90 valence electrons. The quantitative estimate of drug-likeness (QED) is 0.636. The van der Waals surface area contributed by atoms with Gasteiger partial charge in [-0.1, -0.05) is 6.07 Å². The number of hydrogen-bond acceptors (Lipinski definition) is 3. The van der Waals surface area contributed by atoms with Crippen molar-refractivity contribution in [2.24, 2.45) is 0 Å². The van der Waals surface area contributed by atoms with E-state index >= 15 is 0 Å². The molecule has 0 radical (unpaired) electrons. The molecule has 3 heterocycles. The first kappa shape index (κ1) is 9.85. The normalized spacial score (nSPS) is 16.0. The van der Waals surface area contributed by atoms with Gasteiger partial charge in [0.1, 0.15) is 5.82 Å². The molecule has 18 heavy (non-hydrogen) atoms. The zero-order valence-electron chi connectivity index (χ0n) is 9.77. The molecule has 2 aromatic heterocycles. The predicted molar refractivity (Wildman–Crippen MR) is 69.3 cm³/mol. The maximum atomic E-state index is 4.46. The fourth-order valence-corrected chi connectivity index (χ4v) is 2.28. The van der Waals surface area contributed by atoms with Crippen LogP contribution >= 0.6 is 0 Å². The largest absolute Gasteiger partial charge is 0.345 e. The second-order valence-corrected chi connectivity index (χ2v) is 4.67. The van der Waals surface area contributed by atoms with Gasteiger partial charge in [0.25, 0.3) is 0 Å². The van der Waals surface area contributed by atoms with Crippen LogP contribution in [-0.2, 0) is 0 Å². The van der Waals surface area contributed by atoms with Crippen LogP contribution in [0.1, 0.15) is 11.7 Å². The minimum absolute atomic E-state index is 0.537. The molecule has 0 unspecified atom stereocenters. The summed E-state index contributed by atoms with van der Waals surface area (Å²) in [6, 6.07) is 6.19. The number of nitrogens with one attached hydrogen (secondary N) is 3. The molecule has 1 aliphatic heterocycles. The summed E-state index contributed by atoms with van der Waals surface area (Å²) >= 11 is 0. The van der Waals surface area contributed by atoms with Crippen LogP contribution in [0.4, 0.5) is 0 Å². The van der Waals surface area contributed by atoms with E-state index in [1.807, 2.05) is 12.3 Å². The highest BCUT2D eigenvalue weighted by molar-refractivity contribution is 5.80. The Kier molecular flexibility index (Phi) is 2.01. The lowest BCUT2D eigenvalue weighted by molar-refractivity contribution is 0.433. The summed E-state index contributed by atoms with van der Waals surface area (Å²) in [5, 5.41) is 3.26. The molecular weight excluding hydrogens is 226 g/mol. The second-order valence-electron chi connectivity index (χ2n) is 4.67. The van der Waals surface area contributed by atoms with E-state index in [9.17, 15) is 0 Å². The molecule has 0 atom stereocenters. The third-order valence-corrected chi connectivity index (χ3v) is 3.49. The third kappa shape index (κ3) is 1.44. The number of fused-ring (bicyclic) bond motifs is 1. The van der Waals surface area contributed by atoms with Crippen LogP contribution in [0, 0.1) is 0 Å². The Hall–Kier alpha value is -2.14. The van der Waals surface area contributed by atoms with E-state index in [0.717, 1.165) is 41.2 Å². The van der Waals surface area contributed by atoms with Crippen LogP contribution in [0.5, 0.6) is 0 Å². The Balaban J connectivity index is 1.74. The van der Waals surface area contributed by atoms with E-state index in [1.54, 1.807) is 6.33 Å². The standard InChI is InChI=1S/C13H13N5/c1-2-10-11(17-7-16-10)3-8(1)12-6-15-13(18-12)9-4-14-5-9/h1-3,6-7,9,14H,4-5H2,(H,15,18)(H,16,17). The number of aromatic nitrogens is 4. The lowest BCUT2D eigenvalue weighted by atomic mass is 10.0. The summed E-state index contributed by atoms with van der Waals surface area (Å²) in [4.78, 5) is 15.2. The van der Waals surface area contributed by atoms with E-state index in [-0.39, 0.29) is 0 Å². The first-order chi connectivity index (χ1) is 8.90. The first-order valence-corrected chi connectivity index (χ1v) is 6.09. The lowest BCUT2D eigenvalue weighted by Crippen LogP contribution is -2.40. The van der Waals surface area contributed by atoms with Crippen LogP contribution in [0.25, 0.3) is 22.3 Å². The van der Waals surface area contributed by atoms with Crippen molar-refractivity contribution in [3.8, 4) is 11.3 Å². The van der Waals surface area contributed by atoms with Gasteiger partial charge in [0.05, 0.1) is 29.3 Å². The van der Waals surface area contributed by atoms with Gasteiger partial charge in [-0.05, 0) is 12.1 Å². The highest BCUT2D eigenvalue weighted by atomic mass is 15.0. The van der Waals surface area contributed by atoms with E-state index < -0.39 is 0 Å². The third-order valence-electron chi connectivity index (χ3n) is 3.49. The van der Waals surface area contributed by atoms with Crippen molar-refractivity contribution in [2.75, 3.05) is 13.1 Å². The summed E-state index contributed by atoms with van der Waals surface area (Å²) in [6.45, 7) is 2.04. The van der Waals surface area contributed by atoms with Crippen molar-refractivity contribution in [1.82, 2.24) is 25.3 Å². The van der Waals surface area contributed by atoms with Gasteiger partial charge >= 0.3 is 0 Å². The van der Waals surface area contributed by atoms with E-state index in [0.29, 0.717) is 5.92 Å². The Morgan fingerprint density at radius 3 is 2.94 bits per heavy atom. The molecule has 0 aliphatic carbocycles. The molecule has 0 bridgehead atoms. The molecular formula is C13H13N5. The van der Waals surface area contributed by atoms with Crippen LogP contribution in [0.15, 0.2) is 30.7 Å². The molecule has 5 heteroatoms. The predicted octanol–water partition coefficient (Wildman–Crippen LogP) is 1.64. The molecule has 0 saturated carbocycles. The van der Waals surface area contributed by atoms with E-state index in [4.69, 9.17) is 0 Å². The molecule has 1 fully saturated rings. The van der Waals surface area contributed by atoms with Crippen molar-refractivity contribution in [2.45, 2.75) is 5.92 Å². The minimum atomic E-state index is 0.537. The highest BCUT2D eigenvalue weighted by Crippen LogP contribution is 2.24. The summed E-state index contributed by atoms with van der Waals surface area (Å²) in [5.41, 5.74) is 4.24. The van der Waals surface area contributed by atoms with Crippen LogP contribution in [-0.4, -0.2) is 33.0 Å². The van der Waals surface area contributed by atoms with Gasteiger partial charge in [-0.25, -0.2) is 9.97 Å². The minimum Gasteiger partial charge on any atom is -0.345 e. The molecule has 1 saturated heterocycles. The Labute approximate surface area is 104 Å². The van der Waals surface area contributed by atoms with E-state index in [1.165, 1.54) is 0 Å². The number of aromatic amines is 2. The fourth-order valence-electron chi connectivity index (χ4n) is 2.28. The Morgan fingerprint density at radius 2 is 2.11 bits per heavy atom. The number of H-pyrrole nitrogens is 2. The van der Waals surface area contributed by atoms with Gasteiger partial charge in [-0.2, -0.15) is 0 Å². The fraction of sp³-hybridized carbons (Fsp3) is 0.231. The first-order valence-electron chi connectivity index (χ1n) is 6.09. The van der Waals surface area contributed by atoms with Crippen LogP contribution < -0.4 is 5.32 Å². The molecule has 0 amide bonds. The average Bonchev–Trinajstić information content (AvgIpc) is 2.93. The molecule has 1 aromatic carbocycles. The number of nitrogens with zero attached hydrogens (tertiary/aromatic N) is 2. The summed E-state index contributed by atoms with van der Waals surface area (Å²) in [5.74, 6) is 1.61. The molecule has 4 rings (SSSR count). The van der Waals surface area contributed by atoms with Gasteiger partial charge in [-0.15, -0.1) is 0 Å². The van der Waals surface area contributed by atoms with Gasteiger partial charge in [0.15, 0.2) is 0 Å². The maximum absolute atomic E-state index is 4.46. The Bertz CT molecular complexity index is 692. The van der Waals surface area contributed by atoms with Gasteiger partial charge in [0.2, 0.25) is 0 Å². The highest BCUT2D eigenvalue weighted by Gasteiger charge is 2.21. The SMILES string of the molecule is c1nc2ccc(-c3cnc(C4CNC4)[nH]3)cc2[nH]1. The van der Waals surface area contributed by atoms with Gasteiger partial charge in [-0.3, -0.25) is 0 Å². The number of hydrogen-bond donors (Lipinski definition) is 3. The van der Waals surface area contributed by atoms with Crippen molar-refractivity contribution < 1.29 is 0 Å². The summed E-state index contributed by atoms with van der Waals surface area (Å²) < 4.78 is 0. The monoisotopic (exact) mass is 239 g/mol. The maximum Gasteiger partial charge on any atom is 0.112 e. The average molecular weight is 239 g/mol. The molecule has 1 aliphatic rings. The second kappa shape index (κ2) is 3.68. The molecule has 5 nitrogen and oxygen atoms in total. The van der Waals surface area contributed by atoms with Crippen molar-refractivity contribution in [3.05, 3.63) is 36.5 Å². The van der Waals surface area contributed by atoms with Crippen molar-refractivity contribution >= 4 is 11.0 Å². The topological polar surface area (TPSA) is 69.4 Å². The molecule has 3 N–H and O–H groups in total. The zero-order chi connectivity index (χ0) is 11.9. The number of imidazole rings is 2. The number of benzene rings is 1. The van der Waals surface area contributed by atoms with Gasteiger partial charge < -0.3 is 15.3 Å². The summed E-state index contributed by atoms with van der Waals surface area (Å²) in [7, 11) is 0. The van der Waals surface area contributed by atoms with Crippen LogP contribution in [0.3, 0.4) is 0 Å². The van der Waals surface area contributed by atoms with Crippen molar-refractivity contribution in [1.29, 1.82) is 0 Å². The van der Waals surface area contributed by atoms with Crippen molar-refractivity contribution in [3.63, 3.8) is 0 Å². The molecule has 0 spiro atoms. The van der Waals surface area contributed by atoms with E-state index in [2.05, 4.69) is 37.4 Å². The zero-order valence-corrected chi connectivity index (χ0v) is 9.77. The lowest BCUT2D eigenvalue weighted by Gasteiger charge is -2.24. The molecule has 3 aromatic rings. The smallest absolute Gasteiger partial charge is 0.112 e. The number of rotatable bonds is 2. The van der Waals surface area contributed by atoms with Crippen LogP contribution in [0.2, 0.25) is 0 Å². The van der Waals surface area contributed by atoms with Gasteiger partial charge in [0, 0.05) is 24.6 Å².